The van der Waals surface area contributed by atoms with Gasteiger partial charge < -0.3 is 9.84 Å². The number of carboxylic acids is 1. The number of halogens is 1. The summed E-state index contributed by atoms with van der Waals surface area (Å²) in [5, 5.41) is 11.5. The van der Waals surface area contributed by atoms with Gasteiger partial charge in [0, 0.05) is 10.0 Å². The molecule has 2 amide bonds. The number of carbonyl (C=O) groups is 3. The number of nitrogens with zero attached hydrogens (tertiary/aromatic N) is 1. The molecule has 29 heavy (non-hydrogen) atoms. The van der Waals surface area contributed by atoms with E-state index in [9.17, 15) is 14.4 Å². The predicted molar refractivity (Wildman–Crippen MR) is 115 cm³/mol. The van der Waals surface area contributed by atoms with Crippen molar-refractivity contribution < 1.29 is 24.2 Å². The van der Waals surface area contributed by atoms with Gasteiger partial charge in [0.25, 0.3) is 11.8 Å². The fourth-order valence-electron chi connectivity index (χ4n) is 2.59. The van der Waals surface area contributed by atoms with E-state index in [0.29, 0.717) is 11.3 Å². The van der Waals surface area contributed by atoms with Crippen LogP contribution in [0.2, 0.25) is 0 Å². The number of benzene rings is 2. The van der Waals surface area contributed by atoms with Gasteiger partial charge in [-0.05, 0) is 55.5 Å². The molecule has 0 unspecified atom stereocenters. The minimum Gasteiger partial charge on any atom is -0.479 e. The van der Waals surface area contributed by atoms with Crippen molar-refractivity contribution in [3.63, 3.8) is 0 Å². The van der Waals surface area contributed by atoms with Crippen LogP contribution < -0.4 is 15.0 Å². The molecule has 2 N–H and O–H groups in total. The number of hydrogen-bond donors (Lipinski definition) is 2. The van der Waals surface area contributed by atoms with Crippen molar-refractivity contribution in [1.29, 1.82) is 0 Å². The number of thiocarbonyl (C=S) groups is 1. The van der Waals surface area contributed by atoms with Gasteiger partial charge in [0.2, 0.25) is 0 Å². The number of carboxylic acid groups (broad SMARTS) is 1. The standard InChI is InChI=1S/C20H15BrN2O5S/c1-11(19(26)27)28-16-5-3-2-4-12(16)10-15-17(24)22-20(29)23(18(15)25)14-8-6-13(21)7-9-14/h2-11H,1H3,(H,26,27)(H,22,24,29)/b15-10+/t11-/m1/s1. The third-order valence-corrected chi connectivity index (χ3v) is 4.87. The smallest absolute Gasteiger partial charge is 0.344 e. The quantitative estimate of drug-likeness (QED) is 0.392. The van der Waals surface area contributed by atoms with Crippen LogP contribution >= 0.6 is 28.1 Å². The molecule has 0 spiro atoms. The molecule has 1 saturated heterocycles. The number of hydrogen-bond acceptors (Lipinski definition) is 5. The second-order valence-corrected chi connectivity index (χ2v) is 7.37. The van der Waals surface area contributed by atoms with E-state index in [1.165, 1.54) is 17.9 Å². The predicted octanol–water partition coefficient (Wildman–Crippen LogP) is 3.13. The largest absolute Gasteiger partial charge is 0.479 e. The zero-order chi connectivity index (χ0) is 21.1. The maximum atomic E-state index is 13.0. The van der Waals surface area contributed by atoms with E-state index in [0.717, 1.165) is 4.47 Å². The van der Waals surface area contributed by atoms with Crippen molar-refractivity contribution in [3.8, 4) is 5.75 Å². The fourth-order valence-corrected chi connectivity index (χ4v) is 3.13. The molecule has 0 radical (unpaired) electrons. The molecule has 1 atom stereocenters. The van der Waals surface area contributed by atoms with Crippen LogP contribution in [0.4, 0.5) is 5.69 Å². The van der Waals surface area contributed by atoms with E-state index in [1.807, 2.05) is 0 Å². The van der Waals surface area contributed by atoms with Gasteiger partial charge in [0.05, 0.1) is 5.69 Å². The Bertz CT molecular complexity index is 1040. The Balaban J connectivity index is 1.99. The topological polar surface area (TPSA) is 95.9 Å². The minimum absolute atomic E-state index is 0.0245. The van der Waals surface area contributed by atoms with Crippen LogP contribution in [-0.2, 0) is 14.4 Å². The molecule has 0 aromatic heterocycles. The van der Waals surface area contributed by atoms with E-state index < -0.39 is 23.9 Å². The molecule has 1 aliphatic rings. The molecular formula is C20H15BrN2O5S. The van der Waals surface area contributed by atoms with Gasteiger partial charge in [-0.1, -0.05) is 34.1 Å². The van der Waals surface area contributed by atoms with Gasteiger partial charge in [-0.25, -0.2) is 4.79 Å². The average Bonchev–Trinajstić information content (AvgIpc) is 2.67. The molecule has 0 bridgehead atoms. The zero-order valence-electron chi connectivity index (χ0n) is 15.1. The van der Waals surface area contributed by atoms with Gasteiger partial charge in [0.15, 0.2) is 11.2 Å². The Morgan fingerprint density at radius 1 is 1.21 bits per heavy atom. The van der Waals surface area contributed by atoms with Crippen molar-refractivity contribution in [2.45, 2.75) is 13.0 Å². The first kappa shape index (κ1) is 20.7. The molecule has 3 rings (SSSR count). The Morgan fingerprint density at radius 3 is 2.52 bits per heavy atom. The van der Waals surface area contributed by atoms with Crippen LogP contribution in [0, 0.1) is 0 Å². The summed E-state index contributed by atoms with van der Waals surface area (Å²) in [5.74, 6) is -2.14. The molecule has 2 aromatic carbocycles. The monoisotopic (exact) mass is 474 g/mol. The summed E-state index contributed by atoms with van der Waals surface area (Å²) in [4.78, 5) is 37.8. The van der Waals surface area contributed by atoms with Gasteiger partial charge in [-0.15, -0.1) is 0 Å². The first-order valence-corrected chi connectivity index (χ1v) is 9.63. The number of carbonyl (C=O) groups excluding carboxylic acids is 2. The lowest BCUT2D eigenvalue weighted by atomic mass is 10.1. The molecule has 0 saturated carbocycles. The highest BCUT2D eigenvalue weighted by atomic mass is 79.9. The normalized spacial score (nSPS) is 16.6. The zero-order valence-corrected chi connectivity index (χ0v) is 17.5. The van der Waals surface area contributed by atoms with Gasteiger partial charge >= 0.3 is 5.97 Å². The highest BCUT2D eigenvalue weighted by Crippen LogP contribution is 2.27. The summed E-state index contributed by atoms with van der Waals surface area (Å²) in [5.41, 5.74) is 0.737. The lowest BCUT2D eigenvalue weighted by Crippen LogP contribution is -2.54. The number of aliphatic carboxylic acids is 1. The van der Waals surface area contributed by atoms with Crippen molar-refractivity contribution in [2.75, 3.05) is 4.90 Å². The van der Waals surface area contributed by atoms with Crippen LogP contribution in [0.5, 0.6) is 5.75 Å². The number of amides is 2. The third-order valence-electron chi connectivity index (χ3n) is 4.06. The van der Waals surface area contributed by atoms with Crippen LogP contribution in [0.25, 0.3) is 6.08 Å². The van der Waals surface area contributed by atoms with Gasteiger partial charge in [0.1, 0.15) is 11.3 Å². The van der Waals surface area contributed by atoms with Crippen molar-refractivity contribution in [1.82, 2.24) is 5.32 Å². The summed E-state index contributed by atoms with van der Waals surface area (Å²) in [6.07, 6.45) is 0.257. The van der Waals surface area contributed by atoms with Crippen molar-refractivity contribution >= 4 is 62.8 Å². The second kappa shape index (κ2) is 8.54. The second-order valence-electron chi connectivity index (χ2n) is 6.07. The molecule has 9 heteroatoms. The highest BCUT2D eigenvalue weighted by Gasteiger charge is 2.34. The third kappa shape index (κ3) is 4.52. The molecule has 1 fully saturated rings. The number of para-hydroxylation sites is 1. The number of anilines is 1. The van der Waals surface area contributed by atoms with E-state index in [-0.39, 0.29) is 16.4 Å². The average molecular weight is 475 g/mol. The van der Waals surface area contributed by atoms with E-state index in [4.69, 9.17) is 22.1 Å². The Hall–Kier alpha value is -3.04. The summed E-state index contributed by atoms with van der Waals surface area (Å²) in [6, 6.07) is 13.4. The molecule has 2 aromatic rings. The molecule has 1 heterocycles. The highest BCUT2D eigenvalue weighted by molar-refractivity contribution is 9.10. The molecule has 148 valence electrons. The Labute approximate surface area is 180 Å². The van der Waals surface area contributed by atoms with Crippen molar-refractivity contribution in [3.05, 3.63) is 64.1 Å². The molecule has 1 aliphatic heterocycles. The van der Waals surface area contributed by atoms with Crippen LogP contribution in [0.15, 0.2) is 58.6 Å². The number of nitrogens with one attached hydrogen (secondary N) is 1. The fraction of sp³-hybridized carbons (Fsp3) is 0.100. The molecule has 7 nitrogen and oxygen atoms in total. The molecular weight excluding hydrogens is 460 g/mol. The maximum Gasteiger partial charge on any atom is 0.344 e. The molecule has 0 aliphatic carbocycles. The summed E-state index contributed by atoms with van der Waals surface area (Å²) in [7, 11) is 0. The lowest BCUT2D eigenvalue weighted by Gasteiger charge is -2.29. The number of ether oxygens (including phenoxy) is 1. The van der Waals surface area contributed by atoms with Crippen LogP contribution in [-0.4, -0.2) is 34.1 Å². The van der Waals surface area contributed by atoms with Crippen molar-refractivity contribution in [2.24, 2.45) is 0 Å². The lowest BCUT2D eigenvalue weighted by molar-refractivity contribution is -0.144. The van der Waals surface area contributed by atoms with Gasteiger partial charge in [-0.3, -0.25) is 19.8 Å². The summed E-state index contributed by atoms with van der Waals surface area (Å²) >= 11 is 8.50. The first-order chi connectivity index (χ1) is 13.8. The summed E-state index contributed by atoms with van der Waals surface area (Å²) < 4.78 is 6.26. The maximum absolute atomic E-state index is 13.0. The Kier molecular flexibility index (Phi) is 6.09. The van der Waals surface area contributed by atoms with Crippen LogP contribution in [0.3, 0.4) is 0 Å². The first-order valence-electron chi connectivity index (χ1n) is 8.43. The van der Waals surface area contributed by atoms with Gasteiger partial charge in [-0.2, -0.15) is 0 Å². The van der Waals surface area contributed by atoms with E-state index in [2.05, 4.69) is 21.2 Å². The van der Waals surface area contributed by atoms with E-state index >= 15 is 0 Å². The van der Waals surface area contributed by atoms with Crippen LogP contribution in [0.1, 0.15) is 12.5 Å². The minimum atomic E-state index is -1.13. The van der Waals surface area contributed by atoms with E-state index in [1.54, 1.807) is 48.5 Å². The summed E-state index contributed by atoms with van der Waals surface area (Å²) in [6.45, 7) is 1.39. The SMILES string of the molecule is C[C@@H](Oc1ccccc1/C=C1\C(=O)NC(=S)N(c2ccc(Br)cc2)C1=O)C(=O)O. The number of rotatable bonds is 5. The Morgan fingerprint density at radius 2 is 1.86 bits per heavy atom.